The van der Waals surface area contributed by atoms with Crippen LogP contribution < -0.4 is 5.73 Å². The Morgan fingerprint density at radius 2 is 2.29 bits per heavy atom. The molecule has 0 aliphatic heterocycles. The molecule has 0 amide bonds. The second kappa shape index (κ2) is 5.10. The molecule has 1 atom stereocenters. The van der Waals surface area contributed by atoms with Crippen LogP contribution in [0.25, 0.3) is 0 Å². The number of carboxylic acid groups (broad SMARTS) is 1. The van der Waals surface area contributed by atoms with Gasteiger partial charge in [0.2, 0.25) is 0 Å². The van der Waals surface area contributed by atoms with Crippen molar-refractivity contribution in [2.45, 2.75) is 37.3 Å². The summed E-state index contributed by atoms with van der Waals surface area (Å²) in [6.45, 7) is 5.63. The third-order valence-corrected chi connectivity index (χ3v) is 4.14. The van der Waals surface area contributed by atoms with E-state index in [0.29, 0.717) is 5.75 Å². The molecule has 0 radical (unpaired) electrons. The average molecular weight is 257 g/mol. The fraction of sp³-hybridized carbons (Fsp3) is 0.636. The van der Waals surface area contributed by atoms with E-state index in [1.165, 1.54) is 11.8 Å². The number of hydrogen-bond acceptors (Lipinski definition) is 4. The third kappa shape index (κ3) is 3.47. The highest BCUT2D eigenvalue weighted by molar-refractivity contribution is 7.99. The number of nitrogens with two attached hydrogens (primary N) is 1. The van der Waals surface area contributed by atoms with Crippen molar-refractivity contribution in [2.24, 2.45) is 12.8 Å². The molecule has 3 N–H and O–H groups in total. The molecule has 0 aliphatic rings. The van der Waals surface area contributed by atoms with Crippen LogP contribution in [0, 0.1) is 6.92 Å². The highest BCUT2D eigenvalue weighted by Crippen LogP contribution is 2.30. The van der Waals surface area contributed by atoms with Crippen molar-refractivity contribution in [3.63, 3.8) is 0 Å². The van der Waals surface area contributed by atoms with E-state index in [1.54, 1.807) is 0 Å². The summed E-state index contributed by atoms with van der Waals surface area (Å²) in [5, 5.41) is 13.2. The van der Waals surface area contributed by atoms with Crippen LogP contribution in [0.4, 0.5) is 0 Å². The first-order valence-electron chi connectivity index (χ1n) is 5.36. The maximum Gasteiger partial charge on any atom is 0.321 e. The minimum atomic E-state index is -0.969. The predicted octanol–water partition coefficient (Wildman–Crippen LogP) is 1.15. The number of aliphatic carboxylic acids is 1. The molecule has 1 rings (SSSR count). The molecule has 0 bridgehead atoms. The molecule has 6 heteroatoms. The Morgan fingerprint density at radius 3 is 2.71 bits per heavy atom. The van der Waals surface area contributed by atoms with E-state index in [9.17, 15) is 4.79 Å². The lowest BCUT2D eigenvalue weighted by molar-refractivity contribution is -0.139. The molecule has 0 aromatic carbocycles. The third-order valence-electron chi connectivity index (χ3n) is 2.71. The van der Waals surface area contributed by atoms with Gasteiger partial charge in [-0.05, 0) is 26.8 Å². The van der Waals surface area contributed by atoms with E-state index < -0.39 is 16.8 Å². The molecular formula is C11H19N3O2S. The minimum Gasteiger partial charge on any atom is -0.480 e. The summed E-state index contributed by atoms with van der Waals surface area (Å²) in [5.74, 6) is -0.269. The zero-order valence-corrected chi connectivity index (χ0v) is 11.4. The molecule has 1 aromatic rings. The van der Waals surface area contributed by atoms with Crippen LogP contribution >= 0.6 is 11.8 Å². The van der Waals surface area contributed by atoms with Crippen LogP contribution in [0.2, 0.25) is 0 Å². The van der Waals surface area contributed by atoms with Crippen molar-refractivity contribution < 1.29 is 9.90 Å². The molecule has 5 nitrogen and oxygen atoms in total. The summed E-state index contributed by atoms with van der Waals surface area (Å²) >= 11 is 1.53. The molecule has 0 aliphatic carbocycles. The summed E-state index contributed by atoms with van der Waals surface area (Å²) < 4.78 is 1.30. The van der Waals surface area contributed by atoms with Gasteiger partial charge >= 0.3 is 5.97 Å². The summed E-state index contributed by atoms with van der Waals surface area (Å²) in [4.78, 5) is 10.9. The molecule has 0 spiro atoms. The zero-order chi connectivity index (χ0) is 13.2. The van der Waals surface area contributed by atoms with Gasteiger partial charge in [-0.15, -0.1) is 11.8 Å². The molecule has 96 valence electrons. The van der Waals surface area contributed by atoms with Gasteiger partial charge in [0.1, 0.15) is 6.04 Å². The largest absolute Gasteiger partial charge is 0.480 e. The summed E-state index contributed by atoms with van der Waals surface area (Å²) in [6, 6.07) is 1.12. The zero-order valence-electron chi connectivity index (χ0n) is 10.6. The summed E-state index contributed by atoms with van der Waals surface area (Å²) in [5.41, 5.74) is 7.69. The van der Waals surface area contributed by atoms with Gasteiger partial charge in [0.05, 0.1) is 5.69 Å². The number of rotatable bonds is 5. The Hall–Kier alpha value is -1.01. The number of hydrogen-bond donors (Lipinski definition) is 2. The van der Waals surface area contributed by atoms with E-state index in [4.69, 9.17) is 10.8 Å². The van der Waals surface area contributed by atoms with Gasteiger partial charge in [0, 0.05) is 23.2 Å². The Kier molecular flexibility index (Phi) is 4.21. The number of aromatic nitrogens is 2. The lowest BCUT2D eigenvalue weighted by atomic mass is 10.1. The Balaban J connectivity index is 2.67. The SMILES string of the molecule is Cc1cc(CSC(C)(C)[C@H](N)C(=O)O)n(C)n1. The summed E-state index contributed by atoms with van der Waals surface area (Å²) in [6.07, 6.45) is 0. The standard InChI is InChI=1S/C11H19N3O2S/c1-7-5-8(14(4)13-7)6-17-11(2,3)9(12)10(15)16/h5,9H,6,12H2,1-4H3,(H,15,16)/t9-/m1/s1. The normalized spacial score (nSPS) is 13.7. The molecule has 0 saturated heterocycles. The van der Waals surface area contributed by atoms with Gasteiger partial charge in [0.15, 0.2) is 0 Å². The minimum absolute atomic E-state index is 0.510. The predicted molar refractivity (Wildman–Crippen MR) is 68.9 cm³/mol. The first-order valence-corrected chi connectivity index (χ1v) is 6.34. The maximum atomic E-state index is 10.9. The number of carbonyl (C=O) groups is 1. The fourth-order valence-electron chi connectivity index (χ4n) is 1.45. The van der Waals surface area contributed by atoms with Crippen LogP contribution in [0.3, 0.4) is 0 Å². The van der Waals surface area contributed by atoms with E-state index in [0.717, 1.165) is 11.4 Å². The van der Waals surface area contributed by atoms with Crippen molar-refractivity contribution in [1.82, 2.24) is 9.78 Å². The van der Waals surface area contributed by atoms with Crippen LogP contribution in [-0.4, -0.2) is 31.6 Å². The Bertz CT molecular complexity index is 415. The van der Waals surface area contributed by atoms with Gasteiger partial charge in [-0.3, -0.25) is 9.48 Å². The van der Waals surface area contributed by atoms with Crippen LogP contribution in [0.5, 0.6) is 0 Å². The smallest absolute Gasteiger partial charge is 0.321 e. The fourth-order valence-corrected chi connectivity index (χ4v) is 2.52. The van der Waals surface area contributed by atoms with Crippen molar-refractivity contribution >= 4 is 17.7 Å². The van der Waals surface area contributed by atoms with Crippen LogP contribution in [0.15, 0.2) is 6.07 Å². The van der Waals surface area contributed by atoms with Gasteiger partial charge < -0.3 is 10.8 Å². The molecule has 0 unspecified atom stereocenters. The Labute approximate surface area is 105 Å². The topological polar surface area (TPSA) is 81.1 Å². The Morgan fingerprint density at radius 1 is 1.71 bits per heavy atom. The molecule has 0 saturated carbocycles. The van der Waals surface area contributed by atoms with Gasteiger partial charge in [-0.1, -0.05) is 0 Å². The first-order chi connectivity index (χ1) is 7.74. The van der Waals surface area contributed by atoms with Crippen molar-refractivity contribution in [2.75, 3.05) is 0 Å². The molecule has 1 heterocycles. The van der Waals surface area contributed by atoms with Gasteiger partial charge in [-0.2, -0.15) is 5.10 Å². The van der Waals surface area contributed by atoms with Crippen LogP contribution in [0.1, 0.15) is 25.2 Å². The molecule has 0 fully saturated rings. The van der Waals surface area contributed by atoms with E-state index in [1.807, 2.05) is 38.6 Å². The van der Waals surface area contributed by atoms with E-state index in [-0.39, 0.29) is 0 Å². The number of nitrogens with zero attached hydrogens (tertiary/aromatic N) is 2. The van der Waals surface area contributed by atoms with E-state index >= 15 is 0 Å². The highest BCUT2D eigenvalue weighted by Gasteiger charge is 2.32. The lowest BCUT2D eigenvalue weighted by Gasteiger charge is -2.27. The van der Waals surface area contributed by atoms with Crippen molar-refractivity contribution in [1.29, 1.82) is 0 Å². The second-order valence-corrected chi connectivity index (χ2v) is 6.24. The van der Waals surface area contributed by atoms with Gasteiger partial charge in [-0.25, -0.2) is 0 Å². The average Bonchev–Trinajstić information content (AvgIpc) is 2.53. The van der Waals surface area contributed by atoms with Crippen molar-refractivity contribution in [3.8, 4) is 0 Å². The first kappa shape index (κ1) is 14.1. The quantitative estimate of drug-likeness (QED) is 0.827. The molecular weight excluding hydrogens is 238 g/mol. The molecule has 1 aromatic heterocycles. The van der Waals surface area contributed by atoms with Crippen molar-refractivity contribution in [3.05, 3.63) is 17.5 Å². The second-order valence-electron chi connectivity index (χ2n) is 4.61. The molecule has 17 heavy (non-hydrogen) atoms. The highest BCUT2D eigenvalue weighted by atomic mass is 32.2. The number of aryl methyl sites for hydroxylation is 2. The number of carboxylic acids is 1. The van der Waals surface area contributed by atoms with Gasteiger partial charge in [0.25, 0.3) is 0 Å². The van der Waals surface area contributed by atoms with Crippen LogP contribution in [-0.2, 0) is 17.6 Å². The number of thioether (sulfide) groups is 1. The maximum absolute atomic E-state index is 10.9. The monoisotopic (exact) mass is 257 g/mol. The van der Waals surface area contributed by atoms with E-state index in [2.05, 4.69) is 5.10 Å². The summed E-state index contributed by atoms with van der Waals surface area (Å²) in [7, 11) is 1.88. The lowest BCUT2D eigenvalue weighted by Crippen LogP contribution is -2.46.